The molecule has 84 valence electrons. The normalized spacial score (nSPS) is 11.6. The predicted molar refractivity (Wildman–Crippen MR) is 68.8 cm³/mol. The molecule has 0 aliphatic carbocycles. The fourth-order valence-electron chi connectivity index (χ4n) is 1.25. The summed E-state index contributed by atoms with van der Waals surface area (Å²) in [5, 5.41) is 0. The van der Waals surface area contributed by atoms with E-state index in [1.807, 2.05) is 10.2 Å². The zero-order valence-corrected chi connectivity index (χ0v) is 10.5. The van der Waals surface area contributed by atoms with Gasteiger partial charge in [0.1, 0.15) is 18.6 Å². The lowest BCUT2D eigenvalue weighted by Crippen LogP contribution is -2.02. The first-order chi connectivity index (χ1) is 7.83. The van der Waals surface area contributed by atoms with Gasteiger partial charge in [-0.3, -0.25) is 4.57 Å². The first-order valence-electron chi connectivity index (χ1n) is 4.57. The van der Waals surface area contributed by atoms with Gasteiger partial charge in [0.2, 0.25) is 0 Å². The Kier molecular flexibility index (Phi) is 3.67. The predicted octanol–water partition coefficient (Wildman–Crippen LogP) is 1.33. The zero-order chi connectivity index (χ0) is 11.4. The molecule has 7 heteroatoms. The van der Waals surface area contributed by atoms with Crippen molar-refractivity contribution in [3.05, 3.63) is 22.8 Å². The van der Waals surface area contributed by atoms with Gasteiger partial charge in [-0.2, -0.15) is 0 Å². The van der Waals surface area contributed by atoms with Crippen LogP contribution in [-0.4, -0.2) is 26.1 Å². The number of nitrogens with two attached hydrogens (primary N) is 1. The summed E-state index contributed by atoms with van der Waals surface area (Å²) in [7, 11) is 0. The average Bonchev–Trinajstić information content (AvgIpc) is 2.70. The van der Waals surface area contributed by atoms with E-state index in [4.69, 9.17) is 10.5 Å². The number of nitrogens with zero attached hydrogens (tertiary/aromatic N) is 4. The molecule has 16 heavy (non-hydrogen) atoms. The van der Waals surface area contributed by atoms with Gasteiger partial charge in [-0.05, 0) is 4.08 Å². The van der Waals surface area contributed by atoms with Crippen LogP contribution in [0.3, 0.4) is 0 Å². The van der Waals surface area contributed by atoms with Gasteiger partial charge in [-0.25, -0.2) is 15.0 Å². The number of ether oxygens (including phenoxy) is 1. The molecular formula is C9H10IN5O. The SMILES string of the molecule is Nc1ncnc2c1ncn2COC/C=C\I. The molecule has 0 aliphatic rings. The molecule has 0 bridgehead atoms. The summed E-state index contributed by atoms with van der Waals surface area (Å²) < 4.78 is 9.09. The smallest absolute Gasteiger partial charge is 0.167 e. The van der Waals surface area contributed by atoms with Gasteiger partial charge in [0.25, 0.3) is 0 Å². The number of aromatic nitrogens is 4. The molecule has 0 amide bonds. The van der Waals surface area contributed by atoms with Gasteiger partial charge in [0, 0.05) is 0 Å². The lowest BCUT2D eigenvalue weighted by Gasteiger charge is -2.02. The Morgan fingerprint density at radius 1 is 1.44 bits per heavy atom. The maximum Gasteiger partial charge on any atom is 0.167 e. The molecular weight excluding hydrogens is 321 g/mol. The van der Waals surface area contributed by atoms with E-state index in [0.717, 1.165) is 0 Å². The second-order valence-electron chi connectivity index (χ2n) is 3.01. The third-order valence-corrected chi connectivity index (χ3v) is 2.47. The van der Waals surface area contributed by atoms with E-state index in [9.17, 15) is 0 Å². The minimum atomic E-state index is 0.385. The number of hydrogen-bond donors (Lipinski definition) is 1. The van der Waals surface area contributed by atoms with Crippen LogP contribution in [0.1, 0.15) is 0 Å². The molecule has 0 saturated heterocycles. The number of hydrogen-bond acceptors (Lipinski definition) is 5. The summed E-state index contributed by atoms with van der Waals surface area (Å²) in [6, 6.07) is 0. The molecule has 2 aromatic heterocycles. The Morgan fingerprint density at radius 3 is 3.12 bits per heavy atom. The van der Waals surface area contributed by atoms with E-state index in [1.54, 1.807) is 10.9 Å². The van der Waals surface area contributed by atoms with Crippen LogP contribution in [0.5, 0.6) is 0 Å². The highest BCUT2D eigenvalue weighted by atomic mass is 127. The van der Waals surface area contributed by atoms with Gasteiger partial charge in [-0.15, -0.1) is 0 Å². The van der Waals surface area contributed by atoms with Gasteiger partial charge in [0.05, 0.1) is 12.9 Å². The largest absolute Gasteiger partial charge is 0.382 e. The fraction of sp³-hybridized carbons (Fsp3) is 0.222. The van der Waals surface area contributed by atoms with E-state index in [0.29, 0.717) is 30.3 Å². The van der Waals surface area contributed by atoms with Crippen molar-refractivity contribution in [2.24, 2.45) is 0 Å². The minimum absolute atomic E-state index is 0.385. The second-order valence-corrected chi connectivity index (χ2v) is 3.73. The van der Waals surface area contributed by atoms with Gasteiger partial charge in [0.15, 0.2) is 11.5 Å². The van der Waals surface area contributed by atoms with Crippen LogP contribution in [0.25, 0.3) is 11.2 Å². The summed E-state index contributed by atoms with van der Waals surface area (Å²) in [5.74, 6) is 0.385. The van der Waals surface area contributed by atoms with E-state index < -0.39 is 0 Å². The maximum absolute atomic E-state index is 5.67. The summed E-state index contributed by atoms with van der Waals surface area (Å²) in [4.78, 5) is 12.1. The molecule has 2 aromatic rings. The van der Waals surface area contributed by atoms with Crippen LogP contribution in [0.15, 0.2) is 22.8 Å². The lowest BCUT2D eigenvalue weighted by atomic mass is 10.5. The minimum Gasteiger partial charge on any atom is -0.382 e. The lowest BCUT2D eigenvalue weighted by molar-refractivity contribution is 0.103. The molecule has 0 unspecified atom stereocenters. The van der Waals surface area contributed by atoms with Crippen molar-refractivity contribution in [1.29, 1.82) is 0 Å². The van der Waals surface area contributed by atoms with E-state index >= 15 is 0 Å². The molecule has 0 radical (unpaired) electrons. The van der Waals surface area contributed by atoms with Crippen molar-refractivity contribution < 1.29 is 4.74 Å². The number of nitrogen functional groups attached to an aromatic ring is 1. The Morgan fingerprint density at radius 2 is 2.31 bits per heavy atom. The third kappa shape index (κ3) is 2.30. The van der Waals surface area contributed by atoms with Gasteiger partial charge >= 0.3 is 0 Å². The van der Waals surface area contributed by atoms with Crippen molar-refractivity contribution in [1.82, 2.24) is 19.5 Å². The van der Waals surface area contributed by atoms with Crippen LogP contribution in [0.2, 0.25) is 0 Å². The third-order valence-electron chi connectivity index (χ3n) is 1.96. The quantitative estimate of drug-likeness (QED) is 0.675. The molecule has 6 nitrogen and oxygen atoms in total. The highest BCUT2D eigenvalue weighted by Gasteiger charge is 2.06. The first-order valence-corrected chi connectivity index (χ1v) is 5.81. The van der Waals surface area contributed by atoms with Crippen LogP contribution < -0.4 is 5.73 Å². The molecule has 0 saturated carbocycles. The molecule has 0 atom stereocenters. The highest BCUT2D eigenvalue weighted by molar-refractivity contribution is 14.1. The van der Waals surface area contributed by atoms with Crippen molar-refractivity contribution in [3.63, 3.8) is 0 Å². The Labute approximate surface area is 106 Å². The average molecular weight is 331 g/mol. The van der Waals surface area contributed by atoms with Crippen LogP contribution in [-0.2, 0) is 11.5 Å². The number of anilines is 1. The number of rotatable bonds is 4. The Balaban J connectivity index is 2.16. The first kappa shape index (κ1) is 11.3. The van der Waals surface area contributed by atoms with Crippen molar-refractivity contribution in [2.75, 3.05) is 12.3 Å². The summed E-state index contributed by atoms with van der Waals surface area (Å²) in [5.41, 5.74) is 6.96. The molecule has 2 N–H and O–H groups in total. The molecule has 2 rings (SSSR count). The standard InChI is InChI=1S/C9H10IN5O/c10-2-1-3-16-6-15-5-14-7-8(11)12-4-13-9(7)15/h1-2,4-5H,3,6H2,(H2,11,12,13)/b2-1-. The van der Waals surface area contributed by atoms with E-state index in [-0.39, 0.29) is 0 Å². The van der Waals surface area contributed by atoms with Gasteiger partial charge in [-0.1, -0.05) is 28.7 Å². The van der Waals surface area contributed by atoms with Crippen LogP contribution >= 0.6 is 22.6 Å². The monoisotopic (exact) mass is 331 g/mol. The molecule has 0 aliphatic heterocycles. The number of imidazole rings is 1. The summed E-state index contributed by atoms with van der Waals surface area (Å²) in [6.07, 6.45) is 4.98. The highest BCUT2D eigenvalue weighted by Crippen LogP contribution is 2.13. The molecule has 2 heterocycles. The fourth-order valence-corrected chi connectivity index (χ4v) is 1.46. The molecule has 0 spiro atoms. The summed E-state index contributed by atoms with van der Waals surface area (Å²) >= 11 is 2.14. The van der Waals surface area contributed by atoms with Gasteiger partial charge < -0.3 is 10.5 Å². The van der Waals surface area contributed by atoms with Crippen molar-refractivity contribution in [2.45, 2.75) is 6.73 Å². The Bertz CT molecular complexity index is 510. The number of halogens is 1. The van der Waals surface area contributed by atoms with E-state index in [2.05, 4.69) is 37.5 Å². The second kappa shape index (κ2) is 5.21. The van der Waals surface area contributed by atoms with Crippen molar-refractivity contribution in [3.8, 4) is 0 Å². The number of fused-ring (bicyclic) bond motifs is 1. The Hall–Kier alpha value is -1.22. The zero-order valence-electron chi connectivity index (χ0n) is 8.38. The van der Waals surface area contributed by atoms with Crippen LogP contribution in [0, 0.1) is 0 Å². The van der Waals surface area contributed by atoms with Crippen LogP contribution in [0.4, 0.5) is 5.82 Å². The summed E-state index contributed by atoms with van der Waals surface area (Å²) in [6.45, 7) is 0.955. The molecule has 0 aromatic carbocycles. The molecule has 0 fully saturated rings. The topological polar surface area (TPSA) is 78.9 Å². The maximum atomic E-state index is 5.67. The van der Waals surface area contributed by atoms with Crippen molar-refractivity contribution >= 4 is 39.6 Å². The van der Waals surface area contributed by atoms with E-state index in [1.165, 1.54) is 6.33 Å².